The maximum Gasteiger partial charge on any atom is 0.233 e. The molecule has 0 spiro atoms. The van der Waals surface area contributed by atoms with Gasteiger partial charge in [0, 0.05) is 22.4 Å². The number of hydrogen-bond donors (Lipinski definition) is 2. The van der Waals surface area contributed by atoms with Crippen molar-refractivity contribution in [3.05, 3.63) is 72.1 Å². The number of nitrogens with one attached hydrogen (secondary N) is 1. The molecule has 4 aromatic rings. The lowest BCUT2D eigenvalue weighted by atomic mass is 10.1. The van der Waals surface area contributed by atoms with Gasteiger partial charge in [0.15, 0.2) is 6.20 Å². The zero-order valence-electron chi connectivity index (χ0n) is 15.9. The fraction of sp³-hybridized carbons (Fsp3) is 0.190. The highest BCUT2D eigenvalue weighted by Gasteiger charge is 2.20. The van der Waals surface area contributed by atoms with E-state index in [-0.39, 0.29) is 4.90 Å². The number of pyridine rings is 1. The third-order valence-electron chi connectivity index (χ3n) is 4.55. The highest BCUT2D eigenvalue weighted by molar-refractivity contribution is 7.85. The molecular weight excluding hydrogens is 376 g/mol. The van der Waals surface area contributed by atoms with E-state index in [9.17, 15) is 18.1 Å². The van der Waals surface area contributed by atoms with E-state index in [0.717, 1.165) is 27.7 Å². The van der Waals surface area contributed by atoms with E-state index < -0.39 is 16.2 Å². The van der Waals surface area contributed by atoms with Crippen LogP contribution in [0.25, 0.3) is 21.8 Å². The quantitative estimate of drug-likeness (QED) is 0.400. The van der Waals surface area contributed by atoms with Crippen LogP contribution in [-0.2, 0) is 17.2 Å². The molecule has 0 bridgehead atoms. The van der Waals surface area contributed by atoms with Gasteiger partial charge in [-0.3, -0.25) is 0 Å². The molecule has 0 aliphatic rings. The van der Waals surface area contributed by atoms with Crippen LogP contribution in [0, 0.1) is 6.92 Å². The molecule has 4 rings (SSSR count). The first-order chi connectivity index (χ1) is 13.2. The van der Waals surface area contributed by atoms with Gasteiger partial charge in [-0.25, -0.2) is 13.0 Å². The van der Waals surface area contributed by atoms with Gasteiger partial charge in [0.05, 0.1) is 4.90 Å². The number of aliphatic hydroxyl groups excluding tert-OH is 1. The smallest absolute Gasteiger partial charge is 0.233 e. The molecule has 0 fully saturated rings. The number of aliphatic hydroxyl groups is 1. The molecule has 28 heavy (non-hydrogen) atoms. The normalized spacial score (nSPS) is 12.6. The van der Waals surface area contributed by atoms with Crippen LogP contribution in [0.5, 0.6) is 0 Å². The van der Waals surface area contributed by atoms with E-state index in [2.05, 4.69) is 23.2 Å². The van der Waals surface area contributed by atoms with E-state index in [1.807, 2.05) is 36.9 Å². The topological polar surface area (TPSA) is 97.1 Å². The van der Waals surface area contributed by atoms with E-state index in [0.29, 0.717) is 0 Å². The Hall–Kier alpha value is -2.74. The molecule has 1 unspecified atom stereocenters. The second kappa shape index (κ2) is 7.71. The van der Waals surface area contributed by atoms with Gasteiger partial charge in [-0.15, -0.1) is 0 Å². The van der Waals surface area contributed by atoms with Gasteiger partial charge < -0.3 is 14.6 Å². The molecule has 0 amide bonds. The highest BCUT2D eigenvalue weighted by Crippen LogP contribution is 2.27. The Balaban J connectivity index is 0.000000178. The number of aromatic amines is 1. The lowest BCUT2D eigenvalue weighted by Gasteiger charge is -2.05. The van der Waals surface area contributed by atoms with Gasteiger partial charge in [0.25, 0.3) is 0 Å². The monoisotopic (exact) mass is 398 g/mol. The van der Waals surface area contributed by atoms with Crippen LogP contribution >= 0.6 is 0 Å². The zero-order chi connectivity index (χ0) is 20.5. The molecule has 2 N–H and O–H groups in total. The summed E-state index contributed by atoms with van der Waals surface area (Å²) in [5.74, 6) is 0. The van der Waals surface area contributed by atoms with Crippen molar-refractivity contribution in [3.8, 4) is 0 Å². The Labute approximate surface area is 163 Å². The number of aromatic nitrogens is 2. The van der Waals surface area contributed by atoms with Gasteiger partial charge in [0.1, 0.15) is 28.8 Å². The molecule has 0 aliphatic heterocycles. The summed E-state index contributed by atoms with van der Waals surface area (Å²) in [4.78, 5) is 3.21. The molecule has 2 heterocycles. The predicted molar refractivity (Wildman–Crippen MR) is 107 cm³/mol. The predicted octanol–water partition coefficient (Wildman–Crippen LogP) is 3.10. The molecule has 146 valence electrons. The van der Waals surface area contributed by atoms with Gasteiger partial charge in [0.2, 0.25) is 5.69 Å². The molecular formula is C21H22N2O4S. The summed E-state index contributed by atoms with van der Waals surface area (Å²) >= 11 is 0. The molecule has 0 saturated carbocycles. The Morgan fingerprint density at radius 1 is 1.04 bits per heavy atom. The minimum Gasteiger partial charge on any atom is -0.744 e. The molecule has 7 heteroatoms. The standard InChI is InChI=1S/C14H14N2O.C7H8O3S/c1-9(17)14-13-11(7-8-16(14)2)10-5-3-4-6-12(10)15-13;1-6-2-4-7(5-3-6)11(8,9)10/h3-9,17H,1-2H3;2-5H,1H3,(H,8,9,10). The second-order valence-electron chi connectivity index (χ2n) is 6.71. The Morgan fingerprint density at radius 2 is 1.68 bits per heavy atom. The van der Waals surface area contributed by atoms with Gasteiger partial charge in [-0.1, -0.05) is 35.9 Å². The van der Waals surface area contributed by atoms with Gasteiger partial charge in [-0.05, 0) is 32.0 Å². The number of rotatable bonds is 2. The fourth-order valence-electron chi connectivity index (χ4n) is 3.19. The molecule has 0 saturated heterocycles. The maximum absolute atomic E-state index is 10.4. The van der Waals surface area contributed by atoms with Crippen molar-refractivity contribution in [3.63, 3.8) is 0 Å². The first kappa shape index (κ1) is 20.0. The van der Waals surface area contributed by atoms with Crippen LogP contribution in [0.2, 0.25) is 0 Å². The molecule has 1 atom stereocenters. The van der Waals surface area contributed by atoms with Crippen LogP contribution in [0.3, 0.4) is 0 Å². The lowest BCUT2D eigenvalue weighted by Crippen LogP contribution is -2.34. The fourth-order valence-corrected chi connectivity index (χ4v) is 3.66. The lowest BCUT2D eigenvalue weighted by molar-refractivity contribution is -0.681. The highest BCUT2D eigenvalue weighted by atomic mass is 32.2. The Morgan fingerprint density at radius 3 is 2.29 bits per heavy atom. The van der Waals surface area contributed by atoms with E-state index in [1.165, 1.54) is 17.5 Å². The number of para-hydroxylation sites is 1. The van der Waals surface area contributed by atoms with Crippen molar-refractivity contribution >= 4 is 31.9 Å². The molecule has 6 nitrogen and oxygen atoms in total. The minimum absolute atomic E-state index is 0.178. The van der Waals surface area contributed by atoms with Crippen molar-refractivity contribution < 1.29 is 22.6 Å². The third kappa shape index (κ3) is 4.06. The molecule has 2 aromatic heterocycles. The summed E-state index contributed by atoms with van der Waals surface area (Å²) < 4.78 is 33.1. The first-order valence-corrected chi connectivity index (χ1v) is 10.2. The van der Waals surface area contributed by atoms with Gasteiger partial charge >= 0.3 is 0 Å². The molecule has 0 radical (unpaired) electrons. The molecule has 2 aromatic carbocycles. The number of aryl methyl sites for hydroxylation is 2. The van der Waals surface area contributed by atoms with Crippen LogP contribution in [0.4, 0.5) is 0 Å². The zero-order valence-corrected chi connectivity index (χ0v) is 16.7. The first-order valence-electron chi connectivity index (χ1n) is 8.78. The van der Waals surface area contributed by atoms with Crippen molar-refractivity contribution in [2.24, 2.45) is 7.05 Å². The van der Waals surface area contributed by atoms with Crippen LogP contribution in [0.1, 0.15) is 24.3 Å². The van der Waals surface area contributed by atoms with Crippen molar-refractivity contribution in [2.45, 2.75) is 24.8 Å². The largest absolute Gasteiger partial charge is 0.744 e. The number of fused-ring (bicyclic) bond motifs is 3. The number of H-pyrrole nitrogens is 1. The number of hydrogen-bond acceptors (Lipinski definition) is 4. The average molecular weight is 398 g/mol. The van der Waals surface area contributed by atoms with E-state index >= 15 is 0 Å². The maximum atomic E-state index is 10.4. The van der Waals surface area contributed by atoms with Crippen molar-refractivity contribution in [1.82, 2.24) is 4.98 Å². The summed E-state index contributed by atoms with van der Waals surface area (Å²) in [7, 11) is -2.32. The Bertz CT molecular complexity index is 1230. The summed E-state index contributed by atoms with van der Waals surface area (Å²) in [5.41, 5.74) is 3.97. The van der Waals surface area contributed by atoms with Gasteiger partial charge in [-0.2, -0.15) is 0 Å². The van der Waals surface area contributed by atoms with Crippen LogP contribution < -0.4 is 4.57 Å². The van der Waals surface area contributed by atoms with Crippen LogP contribution in [-0.4, -0.2) is 23.1 Å². The summed E-state index contributed by atoms with van der Waals surface area (Å²) in [6.45, 7) is 3.61. The third-order valence-corrected chi connectivity index (χ3v) is 5.40. The van der Waals surface area contributed by atoms with Crippen molar-refractivity contribution in [1.29, 1.82) is 0 Å². The number of nitrogens with zero attached hydrogens (tertiary/aromatic N) is 1. The van der Waals surface area contributed by atoms with E-state index in [4.69, 9.17) is 0 Å². The Kier molecular flexibility index (Phi) is 5.51. The van der Waals surface area contributed by atoms with E-state index in [1.54, 1.807) is 19.1 Å². The summed E-state index contributed by atoms with van der Waals surface area (Å²) in [5, 5.41) is 12.2. The number of benzene rings is 2. The summed E-state index contributed by atoms with van der Waals surface area (Å²) in [6.07, 6.45) is 1.50. The second-order valence-corrected chi connectivity index (χ2v) is 8.09. The molecule has 0 aliphatic carbocycles. The van der Waals surface area contributed by atoms with Crippen LogP contribution in [0.15, 0.2) is 65.7 Å². The SMILES string of the molecule is CC(O)c1c2[nH]c3ccccc3c2cc[n+]1C.Cc1ccc(S(=O)(=O)[O-])cc1. The average Bonchev–Trinajstić information content (AvgIpc) is 2.99. The van der Waals surface area contributed by atoms with Crippen molar-refractivity contribution in [2.75, 3.05) is 0 Å². The summed E-state index contributed by atoms with van der Waals surface area (Å²) in [6, 6.07) is 16.1. The minimum atomic E-state index is -4.27.